The lowest BCUT2D eigenvalue weighted by molar-refractivity contribution is 0.558. The van der Waals surface area contributed by atoms with Gasteiger partial charge in [0, 0.05) is 0 Å². The number of allylic oxidation sites excluding steroid dienone is 2. The van der Waals surface area contributed by atoms with Crippen molar-refractivity contribution >= 4 is 12.2 Å². The van der Waals surface area contributed by atoms with Crippen molar-refractivity contribution in [2.24, 2.45) is 5.92 Å². The third kappa shape index (κ3) is 4.10. The predicted molar refractivity (Wildman–Crippen MR) is 118 cm³/mol. The molecule has 1 fully saturated rings. The van der Waals surface area contributed by atoms with Gasteiger partial charge in [-0.05, 0) is 69.0 Å². The summed E-state index contributed by atoms with van der Waals surface area (Å²) in [5, 5.41) is 2.76. The highest BCUT2D eigenvalue weighted by molar-refractivity contribution is 5.78. The quantitative estimate of drug-likeness (QED) is 0.568. The molecule has 2 aliphatic rings. The fraction of sp³-hybridized carbons (Fsp3) is 0.407. The average molecular weight is 357 g/mol. The van der Waals surface area contributed by atoms with Gasteiger partial charge in [0.1, 0.15) is 0 Å². The highest BCUT2D eigenvalue weighted by atomic mass is 14.2. The minimum Gasteiger partial charge on any atom is -0.0741 e. The maximum atomic E-state index is 2.54. The van der Waals surface area contributed by atoms with Crippen molar-refractivity contribution in [2.45, 2.75) is 64.7 Å². The van der Waals surface area contributed by atoms with Crippen molar-refractivity contribution in [3.8, 4) is 11.1 Å². The third-order valence-corrected chi connectivity index (χ3v) is 6.16. The van der Waals surface area contributed by atoms with Crippen molar-refractivity contribution in [3.63, 3.8) is 0 Å². The van der Waals surface area contributed by atoms with Gasteiger partial charge in [-0.2, -0.15) is 0 Å². The molecule has 0 aliphatic heterocycles. The van der Waals surface area contributed by atoms with E-state index in [0.717, 1.165) is 5.92 Å². The summed E-state index contributed by atoms with van der Waals surface area (Å²) in [5.41, 5.74) is 5.68. The molecule has 0 unspecified atom stereocenters. The topological polar surface area (TPSA) is 0 Å². The van der Waals surface area contributed by atoms with E-state index >= 15 is 0 Å². The second-order valence-corrected chi connectivity index (χ2v) is 9.34. The zero-order chi connectivity index (χ0) is 18.9. The van der Waals surface area contributed by atoms with Crippen molar-refractivity contribution in [1.29, 1.82) is 0 Å². The van der Waals surface area contributed by atoms with Gasteiger partial charge in [-0.25, -0.2) is 0 Å². The molecule has 1 saturated carbocycles. The molecular weight excluding hydrogens is 324 g/mol. The molecule has 0 N–H and O–H groups in total. The Labute approximate surface area is 164 Å². The third-order valence-electron chi connectivity index (χ3n) is 6.16. The molecule has 0 bridgehead atoms. The van der Waals surface area contributed by atoms with Gasteiger partial charge in [0.15, 0.2) is 0 Å². The molecule has 0 nitrogen and oxygen atoms in total. The van der Waals surface area contributed by atoms with E-state index in [0.29, 0.717) is 0 Å². The largest absolute Gasteiger partial charge is 0.0741 e. The molecule has 2 aliphatic carbocycles. The SMILES string of the molecule is CC(C)(C)c1ccc(-c2cccc3c2=CC(=CC2CCCCCC2)C=3)cc1. The van der Waals surface area contributed by atoms with Crippen LogP contribution in [0, 0.1) is 5.92 Å². The molecule has 140 valence electrons. The van der Waals surface area contributed by atoms with E-state index in [1.54, 1.807) is 0 Å². The molecule has 2 aromatic rings. The highest BCUT2D eigenvalue weighted by Crippen LogP contribution is 2.27. The summed E-state index contributed by atoms with van der Waals surface area (Å²) in [7, 11) is 0. The average Bonchev–Trinajstić information content (AvgIpc) is 2.88. The molecule has 0 radical (unpaired) electrons. The zero-order valence-electron chi connectivity index (χ0n) is 17.1. The van der Waals surface area contributed by atoms with Crippen LogP contribution in [0.2, 0.25) is 0 Å². The van der Waals surface area contributed by atoms with E-state index in [1.807, 2.05) is 0 Å². The van der Waals surface area contributed by atoms with Gasteiger partial charge in [-0.15, -0.1) is 0 Å². The molecule has 0 aromatic heterocycles. The van der Waals surface area contributed by atoms with Crippen LogP contribution in [0.15, 0.2) is 54.1 Å². The van der Waals surface area contributed by atoms with Crippen molar-refractivity contribution in [1.82, 2.24) is 0 Å². The number of rotatable bonds is 2. The van der Waals surface area contributed by atoms with Crippen LogP contribution in [0.1, 0.15) is 64.9 Å². The van der Waals surface area contributed by atoms with Crippen LogP contribution in [0.25, 0.3) is 23.3 Å². The van der Waals surface area contributed by atoms with Crippen molar-refractivity contribution in [2.75, 3.05) is 0 Å². The summed E-state index contributed by atoms with van der Waals surface area (Å²) in [6.45, 7) is 6.82. The fourth-order valence-electron chi connectivity index (χ4n) is 4.51. The van der Waals surface area contributed by atoms with Gasteiger partial charge in [0.25, 0.3) is 0 Å². The predicted octanol–water partition coefficient (Wildman–Crippen LogP) is 6.12. The summed E-state index contributed by atoms with van der Waals surface area (Å²) in [4.78, 5) is 0. The van der Waals surface area contributed by atoms with Crippen LogP contribution in [0.5, 0.6) is 0 Å². The van der Waals surface area contributed by atoms with Crippen LogP contribution in [0.3, 0.4) is 0 Å². The molecule has 2 aromatic carbocycles. The lowest BCUT2D eigenvalue weighted by Crippen LogP contribution is -2.23. The van der Waals surface area contributed by atoms with Crippen LogP contribution in [-0.2, 0) is 5.41 Å². The lowest BCUT2D eigenvalue weighted by Gasteiger charge is -2.19. The summed E-state index contributed by atoms with van der Waals surface area (Å²) in [5.74, 6) is 0.763. The summed E-state index contributed by atoms with van der Waals surface area (Å²) < 4.78 is 0. The van der Waals surface area contributed by atoms with E-state index in [1.165, 1.54) is 71.2 Å². The van der Waals surface area contributed by atoms with Gasteiger partial charge < -0.3 is 0 Å². The Morgan fingerprint density at radius 1 is 0.815 bits per heavy atom. The fourth-order valence-corrected chi connectivity index (χ4v) is 4.51. The van der Waals surface area contributed by atoms with Gasteiger partial charge >= 0.3 is 0 Å². The molecule has 0 saturated heterocycles. The smallest absolute Gasteiger partial charge is 0.00994 e. The Morgan fingerprint density at radius 2 is 1.52 bits per heavy atom. The van der Waals surface area contributed by atoms with Gasteiger partial charge in [0.2, 0.25) is 0 Å². The Hall–Kier alpha value is -2.08. The molecule has 0 heterocycles. The summed E-state index contributed by atoms with van der Waals surface area (Å²) in [6, 6.07) is 15.9. The molecular formula is C27H32. The van der Waals surface area contributed by atoms with E-state index in [-0.39, 0.29) is 5.41 Å². The molecule has 0 spiro atoms. The van der Waals surface area contributed by atoms with E-state index in [4.69, 9.17) is 0 Å². The molecule has 0 atom stereocenters. The van der Waals surface area contributed by atoms with E-state index < -0.39 is 0 Å². The van der Waals surface area contributed by atoms with Crippen LogP contribution in [-0.4, -0.2) is 0 Å². The van der Waals surface area contributed by atoms with Crippen molar-refractivity contribution in [3.05, 3.63) is 70.1 Å². The second kappa shape index (κ2) is 7.50. The Kier molecular flexibility index (Phi) is 5.08. The molecule has 4 rings (SSSR count). The number of benzene rings is 2. The minimum absolute atomic E-state index is 0.200. The lowest BCUT2D eigenvalue weighted by atomic mass is 9.86. The van der Waals surface area contributed by atoms with Gasteiger partial charge in [-0.3, -0.25) is 0 Å². The first-order valence-corrected chi connectivity index (χ1v) is 10.7. The number of hydrogen-bond acceptors (Lipinski definition) is 0. The Balaban J connectivity index is 1.68. The van der Waals surface area contributed by atoms with E-state index in [2.05, 4.69) is 81.5 Å². The maximum Gasteiger partial charge on any atom is -0.00994 e. The molecule has 27 heavy (non-hydrogen) atoms. The monoisotopic (exact) mass is 356 g/mol. The first-order valence-electron chi connectivity index (χ1n) is 10.7. The standard InChI is InChI=1S/C27H32/c1-27(2,3)24-15-13-22(14-16-24)25-12-8-11-23-18-21(19-26(23)25)17-20-9-6-4-5-7-10-20/h8,11-20H,4-7,9-10H2,1-3H3. The maximum absolute atomic E-state index is 2.54. The van der Waals surface area contributed by atoms with Gasteiger partial charge in [-0.1, -0.05) is 95.0 Å². The molecule has 0 heteroatoms. The van der Waals surface area contributed by atoms with Crippen LogP contribution < -0.4 is 10.4 Å². The zero-order valence-corrected chi connectivity index (χ0v) is 17.1. The van der Waals surface area contributed by atoms with Crippen LogP contribution >= 0.6 is 0 Å². The Morgan fingerprint density at radius 3 is 2.19 bits per heavy atom. The first-order chi connectivity index (χ1) is 13.0. The van der Waals surface area contributed by atoms with Crippen LogP contribution in [0.4, 0.5) is 0 Å². The van der Waals surface area contributed by atoms with E-state index in [9.17, 15) is 0 Å². The first kappa shape index (κ1) is 18.3. The summed E-state index contributed by atoms with van der Waals surface area (Å²) >= 11 is 0. The molecule has 0 amide bonds. The van der Waals surface area contributed by atoms with Gasteiger partial charge in [0.05, 0.1) is 0 Å². The summed E-state index contributed by atoms with van der Waals surface area (Å²) in [6.07, 6.45) is 15.7. The minimum atomic E-state index is 0.200. The van der Waals surface area contributed by atoms with Crippen molar-refractivity contribution < 1.29 is 0 Å². The highest BCUT2D eigenvalue weighted by Gasteiger charge is 2.14. The normalized spacial score (nSPS) is 19.3. The number of hydrogen-bond donors (Lipinski definition) is 0. The number of fused-ring (bicyclic) bond motifs is 1. The second-order valence-electron chi connectivity index (χ2n) is 9.34. The Bertz CT molecular complexity index is 941.